The van der Waals surface area contributed by atoms with Crippen molar-refractivity contribution in [1.82, 2.24) is 0 Å². The standard InChI is InChI=1S/C29H50O2/c1-3-4-5-6-7-8-9-10-11-12-13-14-17-20-23-27-26-28(27)24-21-18-15-16-19-22-25-29(30)31-2/h10-11,15-16,24,27H,3-9,12-14,17-23,25-26H2,1-2H3. The van der Waals surface area contributed by atoms with Crippen LogP contribution < -0.4 is 0 Å². The number of hydrogen-bond donors (Lipinski definition) is 0. The van der Waals surface area contributed by atoms with Gasteiger partial charge in [0.05, 0.1) is 7.11 Å². The maximum Gasteiger partial charge on any atom is 0.305 e. The van der Waals surface area contributed by atoms with Crippen LogP contribution in [0.4, 0.5) is 0 Å². The first-order valence-corrected chi connectivity index (χ1v) is 13.3. The minimum absolute atomic E-state index is 0.103. The number of esters is 1. The van der Waals surface area contributed by atoms with Crippen LogP contribution in [0.25, 0.3) is 0 Å². The summed E-state index contributed by atoms with van der Waals surface area (Å²) in [6, 6.07) is 0. The van der Waals surface area contributed by atoms with E-state index in [-0.39, 0.29) is 5.97 Å². The number of hydrogen-bond acceptors (Lipinski definition) is 2. The third-order valence-electron chi connectivity index (χ3n) is 6.30. The van der Waals surface area contributed by atoms with Gasteiger partial charge in [-0.2, -0.15) is 0 Å². The Bertz CT molecular complexity index is 515. The van der Waals surface area contributed by atoms with Gasteiger partial charge >= 0.3 is 5.97 Å². The van der Waals surface area contributed by atoms with E-state index in [0.29, 0.717) is 6.42 Å². The Morgan fingerprint density at radius 3 is 2.03 bits per heavy atom. The van der Waals surface area contributed by atoms with Crippen LogP contribution in [0.2, 0.25) is 0 Å². The Hall–Kier alpha value is -1.31. The summed E-state index contributed by atoms with van der Waals surface area (Å²) in [4.78, 5) is 11.0. The number of unbranched alkanes of at least 4 members (excludes halogenated alkanes) is 12. The molecule has 31 heavy (non-hydrogen) atoms. The number of allylic oxidation sites excluding steroid dienone is 6. The molecule has 0 radical (unpaired) electrons. The van der Waals surface area contributed by atoms with E-state index in [1.54, 1.807) is 5.57 Å². The summed E-state index contributed by atoms with van der Waals surface area (Å²) in [5, 5.41) is 0. The van der Waals surface area contributed by atoms with Crippen LogP contribution >= 0.6 is 0 Å². The average Bonchev–Trinajstić information content (AvgIpc) is 3.53. The molecule has 0 heterocycles. The first-order chi connectivity index (χ1) is 15.3. The first-order valence-electron chi connectivity index (χ1n) is 13.3. The zero-order valence-corrected chi connectivity index (χ0v) is 20.7. The van der Waals surface area contributed by atoms with Gasteiger partial charge < -0.3 is 4.74 Å². The van der Waals surface area contributed by atoms with Crippen LogP contribution in [0.15, 0.2) is 36.0 Å². The number of carbonyl (C=O) groups excluding carboxylic acids is 1. The molecule has 2 nitrogen and oxygen atoms in total. The Kier molecular flexibility index (Phi) is 18.4. The molecule has 0 aromatic rings. The zero-order valence-electron chi connectivity index (χ0n) is 20.7. The molecule has 1 saturated carbocycles. The summed E-state index contributed by atoms with van der Waals surface area (Å²) >= 11 is 0. The molecule has 0 aromatic heterocycles. The topological polar surface area (TPSA) is 26.3 Å². The summed E-state index contributed by atoms with van der Waals surface area (Å²) in [5.41, 5.74) is 1.71. The lowest BCUT2D eigenvalue weighted by Gasteiger charge is -1.99. The molecule has 0 saturated heterocycles. The Balaban J connectivity index is 1.83. The van der Waals surface area contributed by atoms with Gasteiger partial charge in [-0.15, -0.1) is 0 Å². The minimum atomic E-state index is -0.103. The molecule has 0 amide bonds. The van der Waals surface area contributed by atoms with Crippen LogP contribution in [-0.2, 0) is 9.53 Å². The molecule has 1 aliphatic carbocycles. The molecule has 1 fully saturated rings. The molecule has 0 aromatic carbocycles. The highest BCUT2D eigenvalue weighted by atomic mass is 16.5. The predicted octanol–water partition coefficient (Wildman–Crippen LogP) is 9.26. The molecule has 0 N–H and O–H groups in total. The average molecular weight is 431 g/mol. The van der Waals surface area contributed by atoms with Crippen molar-refractivity contribution in [3.8, 4) is 0 Å². The number of methoxy groups -OCH3 is 1. The van der Waals surface area contributed by atoms with Crippen molar-refractivity contribution in [3.63, 3.8) is 0 Å². The predicted molar refractivity (Wildman–Crippen MR) is 135 cm³/mol. The first kappa shape index (κ1) is 27.7. The van der Waals surface area contributed by atoms with Gasteiger partial charge in [0, 0.05) is 6.42 Å². The van der Waals surface area contributed by atoms with E-state index in [1.165, 1.54) is 103 Å². The maximum atomic E-state index is 11.0. The molecule has 2 heteroatoms. The summed E-state index contributed by atoms with van der Waals surface area (Å²) in [6.45, 7) is 2.28. The van der Waals surface area contributed by atoms with Crippen LogP contribution in [0.3, 0.4) is 0 Å². The van der Waals surface area contributed by atoms with Crippen molar-refractivity contribution in [1.29, 1.82) is 0 Å². The Morgan fingerprint density at radius 1 is 0.774 bits per heavy atom. The van der Waals surface area contributed by atoms with Crippen molar-refractivity contribution < 1.29 is 9.53 Å². The molecular formula is C29H50O2. The lowest BCUT2D eigenvalue weighted by Crippen LogP contribution is -1.98. The van der Waals surface area contributed by atoms with E-state index >= 15 is 0 Å². The second-order valence-electron chi connectivity index (χ2n) is 9.22. The van der Waals surface area contributed by atoms with E-state index < -0.39 is 0 Å². The molecule has 0 bridgehead atoms. The fourth-order valence-electron chi connectivity index (χ4n) is 4.11. The van der Waals surface area contributed by atoms with Gasteiger partial charge in [-0.05, 0) is 70.1 Å². The highest BCUT2D eigenvalue weighted by Crippen LogP contribution is 2.42. The maximum absolute atomic E-state index is 11.0. The van der Waals surface area contributed by atoms with E-state index in [0.717, 1.165) is 25.2 Å². The molecule has 0 spiro atoms. The van der Waals surface area contributed by atoms with Gasteiger partial charge in [0.1, 0.15) is 0 Å². The van der Waals surface area contributed by atoms with Crippen LogP contribution in [0.1, 0.15) is 129 Å². The van der Waals surface area contributed by atoms with Crippen molar-refractivity contribution in [3.05, 3.63) is 36.0 Å². The smallest absolute Gasteiger partial charge is 0.305 e. The monoisotopic (exact) mass is 430 g/mol. The fourth-order valence-corrected chi connectivity index (χ4v) is 4.11. The molecule has 1 aliphatic rings. The molecule has 1 atom stereocenters. The minimum Gasteiger partial charge on any atom is -0.469 e. The highest BCUT2D eigenvalue weighted by Gasteiger charge is 2.27. The molecular weight excluding hydrogens is 380 g/mol. The van der Waals surface area contributed by atoms with E-state index in [9.17, 15) is 4.79 Å². The van der Waals surface area contributed by atoms with Crippen molar-refractivity contribution in [2.75, 3.05) is 7.11 Å². The largest absolute Gasteiger partial charge is 0.469 e. The third kappa shape index (κ3) is 18.0. The summed E-state index contributed by atoms with van der Waals surface area (Å²) in [7, 11) is 1.45. The zero-order chi connectivity index (χ0) is 22.4. The SMILES string of the molecule is CCCCCCCCC=CCCCCCCC1CC1=CCCC=CCCCC(=O)OC. The van der Waals surface area contributed by atoms with Gasteiger partial charge in [0.25, 0.3) is 0 Å². The quantitative estimate of drug-likeness (QED) is 0.103. The van der Waals surface area contributed by atoms with Crippen LogP contribution in [-0.4, -0.2) is 13.1 Å². The third-order valence-corrected chi connectivity index (χ3v) is 6.30. The number of rotatable bonds is 21. The lowest BCUT2D eigenvalue weighted by molar-refractivity contribution is -0.140. The number of ether oxygens (including phenoxy) is 1. The molecule has 178 valence electrons. The Labute approximate surface area is 193 Å². The van der Waals surface area contributed by atoms with Crippen molar-refractivity contribution in [2.24, 2.45) is 5.92 Å². The lowest BCUT2D eigenvalue weighted by atomic mass is 10.1. The summed E-state index contributed by atoms with van der Waals surface area (Å²) < 4.78 is 4.65. The van der Waals surface area contributed by atoms with E-state index in [4.69, 9.17) is 0 Å². The second kappa shape index (κ2) is 20.6. The second-order valence-corrected chi connectivity index (χ2v) is 9.22. The molecule has 1 unspecified atom stereocenters. The fraction of sp³-hybridized carbons (Fsp3) is 0.759. The summed E-state index contributed by atoms with van der Waals surface area (Å²) in [5.74, 6) is 0.801. The van der Waals surface area contributed by atoms with Gasteiger partial charge in [-0.1, -0.05) is 94.2 Å². The van der Waals surface area contributed by atoms with Crippen molar-refractivity contribution in [2.45, 2.75) is 129 Å². The Morgan fingerprint density at radius 2 is 1.35 bits per heavy atom. The van der Waals surface area contributed by atoms with Crippen molar-refractivity contribution >= 4 is 5.97 Å². The van der Waals surface area contributed by atoms with Gasteiger partial charge in [-0.25, -0.2) is 0 Å². The normalized spacial score (nSPS) is 17.2. The molecule has 1 rings (SSSR count). The van der Waals surface area contributed by atoms with E-state index in [2.05, 4.69) is 42.0 Å². The van der Waals surface area contributed by atoms with Gasteiger partial charge in [0.2, 0.25) is 0 Å². The van der Waals surface area contributed by atoms with Crippen LogP contribution in [0, 0.1) is 5.92 Å². The van der Waals surface area contributed by atoms with Gasteiger partial charge in [0.15, 0.2) is 0 Å². The van der Waals surface area contributed by atoms with Crippen LogP contribution in [0.5, 0.6) is 0 Å². The van der Waals surface area contributed by atoms with Gasteiger partial charge in [-0.3, -0.25) is 4.79 Å². The number of carbonyl (C=O) groups is 1. The van der Waals surface area contributed by atoms with E-state index in [1.807, 2.05) is 0 Å². The highest BCUT2D eigenvalue weighted by molar-refractivity contribution is 5.69. The summed E-state index contributed by atoms with van der Waals surface area (Å²) in [6.07, 6.45) is 35.8. The molecule has 0 aliphatic heterocycles.